The molecule has 9 heteroatoms. The van der Waals surface area contributed by atoms with E-state index in [9.17, 15) is 18.8 Å². The minimum Gasteiger partial charge on any atom is -0.459 e. The summed E-state index contributed by atoms with van der Waals surface area (Å²) in [6.07, 6.45) is 6.35. The minimum atomic E-state index is -0.990. The monoisotopic (exact) mass is 459 g/mol. The Balaban J connectivity index is 1.81. The van der Waals surface area contributed by atoms with Gasteiger partial charge < -0.3 is 24.7 Å². The molecule has 3 amide bonds. The van der Waals surface area contributed by atoms with Crippen LogP contribution in [0.1, 0.15) is 54.3 Å². The maximum atomic E-state index is 13.6. The zero-order chi connectivity index (χ0) is 23.6. The summed E-state index contributed by atoms with van der Waals surface area (Å²) in [5.41, 5.74) is 0.478. The maximum absolute atomic E-state index is 13.6. The van der Waals surface area contributed by atoms with Gasteiger partial charge in [-0.25, -0.2) is 4.39 Å². The van der Waals surface area contributed by atoms with Crippen molar-refractivity contribution in [3.63, 3.8) is 0 Å². The molecule has 0 radical (unpaired) electrons. The van der Waals surface area contributed by atoms with Crippen LogP contribution in [0.3, 0.4) is 0 Å². The number of methoxy groups -OCH3 is 1. The molecule has 3 rings (SSSR count). The SMILES string of the molecule is COCCN(C(=O)CNC(=O)c1ccco1)[C@@H](C(=O)NC1CCCCC1)c1ccc(F)cc1. The molecule has 0 spiro atoms. The lowest BCUT2D eigenvalue weighted by atomic mass is 9.94. The van der Waals surface area contributed by atoms with Gasteiger partial charge in [0.15, 0.2) is 5.76 Å². The summed E-state index contributed by atoms with van der Waals surface area (Å²) in [7, 11) is 1.50. The Morgan fingerprint density at radius 2 is 1.88 bits per heavy atom. The van der Waals surface area contributed by atoms with E-state index < -0.39 is 23.7 Å². The Labute approximate surface area is 192 Å². The van der Waals surface area contributed by atoms with Crippen LogP contribution in [0.15, 0.2) is 47.1 Å². The third-order valence-corrected chi connectivity index (χ3v) is 5.70. The van der Waals surface area contributed by atoms with Crippen LogP contribution in [-0.4, -0.2) is 55.5 Å². The van der Waals surface area contributed by atoms with Crippen LogP contribution in [0.5, 0.6) is 0 Å². The van der Waals surface area contributed by atoms with Crippen LogP contribution in [0.2, 0.25) is 0 Å². The van der Waals surface area contributed by atoms with Crippen LogP contribution < -0.4 is 10.6 Å². The quantitative estimate of drug-likeness (QED) is 0.569. The zero-order valence-corrected chi connectivity index (χ0v) is 18.7. The summed E-state index contributed by atoms with van der Waals surface area (Å²) in [6, 6.07) is 7.61. The van der Waals surface area contributed by atoms with E-state index in [4.69, 9.17) is 9.15 Å². The molecule has 1 saturated carbocycles. The molecule has 1 heterocycles. The molecule has 2 N–H and O–H groups in total. The first kappa shape index (κ1) is 24.4. The van der Waals surface area contributed by atoms with E-state index in [1.807, 2.05) is 0 Å². The number of nitrogens with zero attached hydrogens (tertiary/aromatic N) is 1. The number of halogens is 1. The lowest BCUT2D eigenvalue weighted by molar-refractivity contribution is -0.141. The molecule has 33 heavy (non-hydrogen) atoms. The van der Waals surface area contributed by atoms with Gasteiger partial charge in [0.1, 0.15) is 11.9 Å². The number of carbonyl (C=O) groups is 3. The van der Waals surface area contributed by atoms with Crippen molar-refractivity contribution in [1.29, 1.82) is 0 Å². The number of ether oxygens (including phenoxy) is 1. The largest absolute Gasteiger partial charge is 0.459 e. The topological polar surface area (TPSA) is 101 Å². The van der Waals surface area contributed by atoms with E-state index in [-0.39, 0.29) is 37.4 Å². The van der Waals surface area contributed by atoms with E-state index >= 15 is 0 Å². The highest BCUT2D eigenvalue weighted by atomic mass is 19.1. The summed E-state index contributed by atoms with van der Waals surface area (Å²) >= 11 is 0. The average molecular weight is 460 g/mol. The summed E-state index contributed by atoms with van der Waals surface area (Å²) in [5, 5.41) is 5.58. The molecule has 0 aliphatic heterocycles. The summed E-state index contributed by atoms with van der Waals surface area (Å²) in [5.74, 6) is -1.71. The third-order valence-electron chi connectivity index (χ3n) is 5.70. The van der Waals surface area contributed by atoms with Gasteiger partial charge in [-0.15, -0.1) is 0 Å². The normalized spacial score (nSPS) is 15.0. The molecule has 1 aromatic heterocycles. The Bertz CT molecular complexity index is 911. The first-order valence-electron chi connectivity index (χ1n) is 11.2. The number of benzene rings is 1. The standard InChI is InChI=1S/C24H30FN3O5/c1-32-15-13-28(21(29)16-26-23(30)20-8-5-14-33-20)22(17-9-11-18(25)12-10-17)24(31)27-19-6-3-2-4-7-19/h5,8-12,14,19,22H,2-4,6-7,13,15-16H2,1H3,(H,26,30)(H,27,31)/t22-/m1/s1. The van der Waals surface area contributed by atoms with Gasteiger partial charge in [0.25, 0.3) is 5.91 Å². The molecule has 178 valence electrons. The Morgan fingerprint density at radius 1 is 1.15 bits per heavy atom. The lowest BCUT2D eigenvalue weighted by Gasteiger charge is -2.33. The minimum absolute atomic E-state index is 0.0345. The third kappa shape index (κ3) is 6.89. The Morgan fingerprint density at radius 3 is 2.52 bits per heavy atom. The van der Waals surface area contributed by atoms with Gasteiger partial charge in [-0.3, -0.25) is 14.4 Å². The van der Waals surface area contributed by atoms with Crippen molar-refractivity contribution in [1.82, 2.24) is 15.5 Å². The molecule has 0 unspecified atom stereocenters. The molecule has 0 saturated heterocycles. The number of nitrogens with one attached hydrogen (secondary N) is 2. The zero-order valence-electron chi connectivity index (χ0n) is 18.7. The number of amides is 3. The van der Waals surface area contributed by atoms with Gasteiger partial charge in [0.05, 0.1) is 19.4 Å². The number of hydrogen-bond acceptors (Lipinski definition) is 5. The summed E-state index contributed by atoms with van der Waals surface area (Å²) < 4.78 is 23.8. The lowest BCUT2D eigenvalue weighted by Crippen LogP contribution is -2.50. The van der Waals surface area contributed by atoms with Crippen molar-refractivity contribution in [3.05, 3.63) is 59.8 Å². The van der Waals surface area contributed by atoms with Crippen molar-refractivity contribution in [2.24, 2.45) is 0 Å². The second kappa shape index (κ2) is 12.2. The first-order chi connectivity index (χ1) is 16.0. The molecule has 1 atom stereocenters. The van der Waals surface area contributed by atoms with Crippen molar-refractivity contribution in [2.45, 2.75) is 44.2 Å². The fourth-order valence-electron chi connectivity index (χ4n) is 3.98. The number of carbonyl (C=O) groups excluding carboxylic acids is 3. The van der Waals surface area contributed by atoms with Crippen molar-refractivity contribution in [3.8, 4) is 0 Å². The average Bonchev–Trinajstić information content (AvgIpc) is 3.36. The van der Waals surface area contributed by atoms with Crippen LogP contribution in [0.4, 0.5) is 4.39 Å². The fraction of sp³-hybridized carbons (Fsp3) is 0.458. The molecular weight excluding hydrogens is 429 g/mol. The summed E-state index contributed by atoms with van der Waals surface area (Å²) in [4.78, 5) is 40.1. The Hall–Kier alpha value is -3.20. The van der Waals surface area contributed by atoms with Gasteiger partial charge in [-0.05, 0) is 42.7 Å². The van der Waals surface area contributed by atoms with Gasteiger partial charge >= 0.3 is 0 Å². The number of rotatable bonds is 10. The van der Waals surface area contributed by atoms with E-state index in [0.717, 1.165) is 32.1 Å². The maximum Gasteiger partial charge on any atom is 0.287 e. The van der Waals surface area contributed by atoms with Gasteiger partial charge in [0.2, 0.25) is 11.8 Å². The predicted octanol–water partition coefficient (Wildman–Crippen LogP) is 2.81. The van der Waals surface area contributed by atoms with Crippen molar-refractivity contribution >= 4 is 17.7 Å². The highest BCUT2D eigenvalue weighted by Crippen LogP contribution is 2.24. The van der Waals surface area contributed by atoms with Crippen molar-refractivity contribution < 1.29 is 27.9 Å². The molecular formula is C24H30FN3O5. The molecule has 1 aliphatic rings. The van der Waals surface area contributed by atoms with E-state index in [0.29, 0.717) is 5.56 Å². The molecule has 1 fully saturated rings. The van der Waals surface area contributed by atoms with Gasteiger partial charge in [0, 0.05) is 19.7 Å². The first-order valence-corrected chi connectivity index (χ1v) is 11.2. The van der Waals surface area contributed by atoms with Crippen molar-refractivity contribution in [2.75, 3.05) is 26.8 Å². The molecule has 1 aliphatic carbocycles. The van der Waals surface area contributed by atoms with Gasteiger partial charge in [-0.1, -0.05) is 31.4 Å². The van der Waals surface area contributed by atoms with Crippen LogP contribution in [0.25, 0.3) is 0 Å². The second-order valence-corrected chi connectivity index (χ2v) is 8.04. The smallest absolute Gasteiger partial charge is 0.287 e. The molecule has 8 nitrogen and oxygen atoms in total. The highest BCUT2D eigenvalue weighted by Gasteiger charge is 2.33. The summed E-state index contributed by atoms with van der Waals surface area (Å²) in [6.45, 7) is -0.0317. The Kier molecular flexibility index (Phi) is 9.00. The second-order valence-electron chi connectivity index (χ2n) is 8.04. The molecule has 1 aromatic carbocycles. The highest BCUT2D eigenvalue weighted by molar-refractivity contribution is 5.95. The van der Waals surface area contributed by atoms with Gasteiger partial charge in [-0.2, -0.15) is 0 Å². The van der Waals surface area contributed by atoms with Crippen LogP contribution in [-0.2, 0) is 14.3 Å². The van der Waals surface area contributed by atoms with Crippen LogP contribution >= 0.6 is 0 Å². The van der Waals surface area contributed by atoms with E-state index in [2.05, 4.69) is 10.6 Å². The predicted molar refractivity (Wildman–Crippen MR) is 119 cm³/mol. The fourth-order valence-corrected chi connectivity index (χ4v) is 3.98. The van der Waals surface area contributed by atoms with E-state index in [1.165, 1.54) is 48.6 Å². The molecule has 2 aromatic rings. The van der Waals surface area contributed by atoms with Crippen LogP contribution in [0, 0.1) is 5.82 Å². The van der Waals surface area contributed by atoms with E-state index in [1.54, 1.807) is 6.07 Å². The number of furan rings is 1. The number of hydrogen-bond donors (Lipinski definition) is 2. The molecule has 0 bridgehead atoms.